The van der Waals surface area contributed by atoms with Crippen molar-refractivity contribution in [3.8, 4) is 17.9 Å². The van der Waals surface area contributed by atoms with E-state index in [0.717, 1.165) is 74.7 Å². The largest absolute Gasteiger partial charge is 0.489 e. The zero-order chi connectivity index (χ0) is 43.2. The van der Waals surface area contributed by atoms with Crippen LogP contribution in [0, 0.1) is 39.4 Å². The number of imide groups is 1. The number of rotatable bonds is 9. The van der Waals surface area contributed by atoms with Gasteiger partial charge in [0, 0.05) is 97.5 Å². The van der Waals surface area contributed by atoms with Gasteiger partial charge in [-0.15, -0.1) is 0 Å². The standard InChI is InChI=1S/C46H50ClN9O5/c1-45(2)43(46(3,4)44(45)61-33-11-7-30(25-48)36(47)24-33)51-40(58)29-5-8-31(9-6-29)54-17-15-28(16-18-54)27-53-19-21-55(22-20-53)32-10-12-34-35(23-32)37(26-49)52-56(42(34)60)38-13-14-39(57)50-41(38)59/h5-12,23-24,28,38,43-44H,13-22,27H2,1-4H3,(H,51,58)(H,50,57,59)/t38-,43?,44?/m0/s1. The Morgan fingerprint density at radius 2 is 1.52 bits per heavy atom. The van der Waals surface area contributed by atoms with Crippen LogP contribution in [0.3, 0.4) is 0 Å². The molecule has 4 fully saturated rings. The Bertz CT molecular complexity index is 2510. The minimum Gasteiger partial charge on any atom is -0.489 e. The number of piperidine rings is 2. The van der Waals surface area contributed by atoms with E-state index in [1.165, 1.54) is 0 Å². The van der Waals surface area contributed by atoms with Crippen LogP contribution in [0.15, 0.2) is 65.5 Å². The lowest BCUT2D eigenvalue weighted by Crippen LogP contribution is -2.74. The van der Waals surface area contributed by atoms with Crippen LogP contribution in [0.2, 0.25) is 5.02 Å². The van der Waals surface area contributed by atoms with Crippen molar-refractivity contribution in [2.24, 2.45) is 16.7 Å². The lowest BCUT2D eigenvalue weighted by atomic mass is 9.49. The summed E-state index contributed by atoms with van der Waals surface area (Å²) in [6.45, 7) is 14.7. The molecule has 316 valence electrons. The van der Waals surface area contributed by atoms with Gasteiger partial charge in [0.2, 0.25) is 5.91 Å². The third-order valence-corrected chi connectivity index (χ3v) is 13.6. The van der Waals surface area contributed by atoms with Crippen LogP contribution in [0.1, 0.15) is 81.0 Å². The predicted octanol–water partition coefficient (Wildman–Crippen LogP) is 5.42. The number of nitrogens with one attached hydrogen (secondary N) is 2. The van der Waals surface area contributed by atoms with Gasteiger partial charge in [0.15, 0.2) is 5.69 Å². The first-order valence-electron chi connectivity index (χ1n) is 21.0. The SMILES string of the molecule is CC1(C)C(NC(=O)c2ccc(N3CCC(CN4CCN(c5ccc6c(=O)n([C@H]7CCC(=O)NC7=O)nc(C#N)c6c5)CC4)CC3)cc2)C(C)(C)C1Oc1ccc(C#N)c(Cl)c1. The highest BCUT2D eigenvalue weighted by Gasteiger charge is 2.64. The van der Waals surface area contributed by atoms with Crippen LogP contribution in [-0.2, 0) is 9.59 Å². The number of nitrogens with zero attached hydrogens (tertiary/aromatic N) is 7. The van der Waals surface area contributed by atoms with Crippen LogP contribution >= 0.6 is 11.6 Å². The molecule has 2 N–H and O–H groups in total. The van der Waals surface area contributed by atoms with Crippen molar-refractivity contribution < 1.29 is 19.1 Å². The first kappa shape index (κ1) is 41.8. The Morgan fingerprint density at radius 1 is 0.852 bits per heavy atom. The molecule has 1 aliphatic carbocycles. The molecule has 4 aromatic rings. The Labute approximate surface area is 360 Å². The number of nitriles is 2. The average Bonchev–Trinajstić information content (AvgIpc) is 3.25. The molecule has 0 unspecified atom stereocenters. The summed E-state index contributed by atoms with van der Waals surface area (Å²) < 4.78 is 7.43. The molecular weight excluding hydrogens is 794 g/mol. The quantitative estimate of drug-likeness (QED) is 0.206. The van der Waals surface area contributed by atoms with Crippen LogP contribution < -0.4 is 30.7 Å². The predicted molar refractivity (Wildman–Crippen MR) is 232 cm³/mol. The molecule has 1 aromatic heterocycles. The fourth-order valence-corrected chi connectivity index (χ4v) is 10.4. The Kier molecular flexibility index (Phi) is 11.3. The molecule has 0 bridgehead atoms. The summed E-state index contributed by atoms with van der Waals surface area (Å²) in [5.74, 6) is 0.0955. The molecule has 4 aliphatic rings. The summed E-state index contributed by atoms with van der Waals surface area (Å²) in [4.78, 5) is 58.2. The zero-order valence-electron chi connectivity index (χ0n) is 34.9. The number of piperazine rings is 1. The lowest BCUT2D eigenvalue weighted by Gasteiger charge is -2.63. The van der Waals surface area contributed by atoms with E-state index in [0.29, 0.717) is 38.6 Å². The Hall–Kier alpha value is -5.96. The van der Waals surface area contributed by atoms with E-state index in [9.17, 15) is 29.7 Å². The maximum atomic E-state index is 13.5. The normalized spacial score (nSPS) is 22.8. The topological polar surface area (TPSA) is 177 Å². The van der Waals surface area contributed by atoms with Crippen LogP contribution in [0.5, 0.6) is 5.75 Å². The van der Waals surface area contributed by atoms with Crippen molar-refractivity contribution in [2.45, 2.75) is 71.6 Å². The smallest absolute Gasteiger partial charge is 0.275 e. The van der Waals surface area contributed by atoms with Crippen LogP contribution in [0.4, 0.5) is 11.4 Å². The number of carbonyl (C=O) groups excluding carboxylic acids is 3. The first-order valence-corrected chi connectivity index (χ1v) is 21.4. The fraction of sp³-hybridized carbons (Fsp3) is 0.457. The molecule has 61 heavy (non-hydrogen) atoms. The Balaban J connectivity index is 0.809. The van der Waals surface area contributed by atoms with Crippen LogP contribution in [0.25, 0.3) is 10.8 Å². The molecule has 15 heteroatoms. The minimum absolute atomic E-state index is 0.0689. The van der Waals surface area contributed by atoms with Gasteiger partial charge >= 0.3 is 0 Å². The molecular formula is C46H50ClN9O5. The summed E-state index contributed by atoms with van der Waals surface area (Å²) in [5, 5.41) is 30.1. The van der Waals surface area contributed by atoms with Gasteiger partial charge in [-0.3, -0.25) is 29.4 Å². The number of amides is 3. The second-order valence-electron chi connectivity index (χ2n) is 18.0. The minimum atomic E-state index is -0.937. The molecule has 3 amide bonds. The molecule has 4 heterocycles. The maximum Gasteiger partial charge on any atom is 0.275 e. The van der Waals surface area contributed by atoms with E-state index in [2.05, 4.69) is 70.3 Å². The zero-order valence-corrected chi connectivity index (χ0v) is 35.7. The summed E-state index contributed by atoms with van der Waals surface area (Å²) in [6.07, 6.45) is 2.24. The van der Waals surface area contributed by atoms with Gasteiger partial charge in [-0.05, 0) is 79.8 Å². The van der Waals surface area contributed by atoms with E-state index >= 15 is 0 Å². The highest BCUT2D eigenvalue weighted by molar-refractivity contribution is 6.31. The third kappa shape index (κ3) is 8.03. The van der Waals surface area contributed by atoms with E-state index in [1.807, 2.05) is 36.4 Å². The fourth-order valence-electron chi connectivity index (χ4n) is 10.2. The molecule has 0 radical (unpaired) electrons. The number of hydrogen-bond acceptors (Lipinski definition) is 11. The molecule has 3 saturated heterocycles. The van der Waals surface area contributed by atoms with Gasteiger partial charge in [0.25, 0.3) is 17.4 Å². The van der Waals surface area contributed by atoms with Gasteiger partial charge < -0.3 is 19.9 Å². The lowest BCUT2D eigenvalue weighted by molar-refractivity contribution is -0.164. The Morgan fingerprint density at radius 3 is 2.16 bits per heavy atom. The highest BCUT2D eigenvalue weighted by atomic mass is 35.5. The monoisotopic (exact) mass is 843 g/mol. The van der Waals surface area contributed by atoms with Gasteiger partial charge in [0.05, 0.1) is 16.0 Å². The number of carbonyl (C=O) groups is 3. The summed E-state index contributed by atoms with van der Waals surface area (Å²) in [7, 11) is 0. The molecule has 0 spiro atoms. The summed E-state index contributed by atoms with van der Waals surface area (Å²) in [6, 6.07) is 21.6. The molecule has 3 aromatic carbocycles. The molecule has 1 saturated carbocycles. The molecule has 1 atom stereocenters. The van der Waals surface area contributed by atoms with Crippen molar-refractivity contribution in [1.29, 1.82) is 10.5 Å². The van der Waals surface area contributed by atoms with Gasteiger partial charge in [-0.2, -0.15) is 15.6 Å². The van der Waals surface area contributed by atoms with Gasteiger partial charge in [0.1, 0.15) is 30.0 Å². The second kappa shape index (κ2) is 16.5. The van der Waals surface area contributed by atoms with E-state index in [4.69, 9.17) is 16.3 Å². The van der Waals surface area contributed by atoms with Crippen LogP contribution in [-0.4, -0.2) is 90.4 Å². The summed E-state index contributed by atoms with van der Waals surface area (Å²) in [5.41, 5.74) is 1.95. The average molecular weight is 844 g/mol. The highest BCUT2D eigenvalue weighted by Crippen LogP contribution is 2.55. The molecule has 14 nitrogen and oxygen atoms in total. The van der Waals surface area contributed by atoms with Crippen molar-refractivity contribution >= 4 is 51.5 Å². The second-order valence-corrected chi connectivity index (χ2v) is 18.4. The summed E-state index contributed by atoms with van der Waals surface area (Å²) >= 11 is 6.26. The number of hydrogen-bond donors (Lipinski definition) is 2. The number of halogens is 1. The van der Waals surface area contributed by atoms with Gasteiger partial charge in [-0.1, -0.05) is 39.3 Å². The number of benzene rings is 3. The van der Waals surface area contributed by atoms with Crippen molar-refractivity contribution in [3.63, 3.8) is 0 Å². The van der Waals surface area contributed by atoms with E-state index < -0.39 is 17.5 Å². The first-order chi connectivity index (χ1) is 29.2. The van der Waals surface area contributed by atoms with Crippen molar-refractivity contribution in [1.82, 2.24) is 25.3 Å². The van der Waals surface area contributed by atoms with E-state index in [1.54, 1.807) is 24.3 Å². The third-order valence-electron chi connectivity index (χ3n) is 13.3. The molecule has 3 aliphatic heterocycles. The number of aromatic nitrogens is 2. The number of fused-ring (bicyclic) bond motifs is 1. The van der Waals surface area contributed by atoms with Gasteiger partial charge in [-0.25, -0.2) is 4.68 Å². The number of anilines is 2. The van der Waals surface area contributed by atoms with E-state index in [-0.39, 0.29) is 53.3 Å². The van der Waals surface area contributed by atoms with Crippen molar-refractivity contribution in [3.05, 3.63) is 92.9 Å². The van der Waals surface area contributed by atoms with Crippen molar-refractivity contribution in [2.75, 3.05) is 55.6 Å². The maximum absolute atomic E-state index is 13.5. The molecule has 8 rings (SSSR count). The number of ether oxygens (including phenoxy) is 1.